The van der Waals surface area contributed by atoms with Gasteiger partial charge in [-0.2, -0.15) is 0 Å². The highest BCUT2D eigenvalue weighted by atomic mass is 16.6. The molecular formula is C21H21NO4. The van der Waals surface area contributed by atoms with Crippen LogP contribution in [0.2, 0.25) is 0 Å². The topological polar surface area (TPSA) is 68.4 Å². The van der Waals surface area contributed by atoms with E-state index in [2.05, 4.69) is 11.9 Å². The number of Topliss-reactive ketones (excluding diaryl/α,β-unsaturated/α-hetero) is 1. The maximum atomic E-state index is 12.6. The van der Waals surface area contributed by atoms with Crippen molar-refractivity contribution in [2.24, 2.45) is 0 Å². The van der Waals surface area contributed by atoms with Crippen LogP contribution in [0.1, 0.15) is 29.8 Å². The maximum Gasteiger partial charge on any atom is 0.344 e. The van der Waals surface area contributed by atoms with Gasteiger partial charge in [0.05, 0.1) is 0 Å². The molecule has 1 unspecified atom stereocenters. The summed E-state index contributed by atoms with van der Waals surface area (Å²) in [6.07, 6.45) is 1.70. The molecule has 5 heteroatoms. The Hall–Kier alpha value is -3.08. The molecule has 2 aromatic carbocycles. The Morgan fingerprint density at radius 2 is 1.81 bits per heavy atom. The number of esters is 1. The van der Waals surface area contributed by atoms with Gasteiger partial charge in [0.15, 0.2) is 12.7 Å². The summed E-state index contributed by atoms with van der Waals surface area (Å²) in [6.45, 7) is 3.40. The fraction of sp³-hybridized carbons (Fsp3) is 0.238. The molecule has 0 bridgehead atoms. The SMILES string of the molecule is CCc1ccc(OCC(=O)OC(C)C(=O)c2c[nH]c3ccccc23)cc1. The highest BCUT2D eigenvalue weighted by Crippen LogP contribution is 2.20. The number of benzene rings is 2. The van der Waals surface area contributed by atoms with Crippen LogP contribution < -0.4 is 4.74 Å². The van der Waals surface area contributed by atoms with Crippen LogP contribution in [0.3, 0.4) is 0 Å². The number of hydrogen-bond donors (Lipinski definition) is 1. The molecule has 0 aliphatic carbocycles. The van der Waals surface area contributed by atoms with Crippen molar-refractivity contribution in [3.05, 3.63) is 65.9 Å². The number of aromatic nitrogens is 1. The lowest BCUT2D eigenvalue weighted by Crippen LogP contribution is -2.27. The van der Waals surface area contributed by atoms with Gasteiger partial charge in [-0.1, -0.05) is 37.3 Å². The number of para-hydroxylation sites is 1. The molecule has 0 fully saturated rings. The number of carbonyl (C=O) groups is 2. The maximum absolute atomic E-state index is 12.6. The second-order valence-electron chi connectivity index (χ2n) is 6.03. The van der Waals surface area contributed by atoms with Crippen molar-refractivity contribution >= 4 is 22.7 Å². The largest absolute Gasteiger partial charge is 0.482 e. The standard InChI is InChI=1S/C21H21NO4/c1-3-15-8-10-16(11-9-15)25-13-20(23)26-14(2)21(24)18-12-22-19-7-5-4-6-17(18)19/h4-12,14,22H,3,13H2,1-2H3. The Labute approximate surface area is 151 Å². The molecule has 0 aliphatic rings. The first-order valence-corrected chi connectivity index (χ1v) is 8.60. The molecule has 26 heavy (non-hydrogen) atoms. The minimum Gasteiger partial charge on any atom is -0.482 e. The molecule has 0 aliphatic heterocycles. The van der Waals surface area contributed by atoms with Crippen LogP contribution in [0.15, 0.2) is 54.7 Å². The first-order valence-electron chi connectivity index (χ1n) is 8.60. The van der Waals surface area contributed by atoms with Gasteiger partial charge in [0.25, 0.3) is 0 Å². The number of carbonyl (C=O) groups excluding carboxylic acids is 2. The van der Waals surface area contributed by atoms with Gasteiger partial charge in [-0.25, -0.2) is 4.79 Å². The number of hydrogen-bond acceptors (Lipinski definition) is 4. The Kier molecular flexibility index (Phi) is 5.37. The van der Waals surface area contributed by atoms with E-state index in [1.807, 2.05) is 48.5 Å². The molecule has 5 nitrogen and oxygen atoms in total. The van der Waals surface area contributed by atoms with Gasteiger partial charge in [-0.05, 0) is 37.1 Å². The van der Waals surface area contributed by atoms with Crippen molar-refractivity contribution in [2.45, 2.75) is 26.4 Å². The van der Waals surface area contributed by atoms with E-state index in [9.17, 15) is 9.59 Å². The predicted molar refractivity (Wildman–Crippen MR) is 99.5 cm³/mol. The molecule has 1 atom stereocenters. The quantitative estimate of drug-likeness (QED) is 0.517. The van der Waals surface area contributed by atoms with Crippen LogP contribution >= 0.6 is 0 Å². The number of H-pyrrole nitrogens is 1. The van der Waals surface area contributed by atoms with Gasteiger partial charge < -0.3 is 14.5 Å². The smallest absolute Gasteiger partial charge is 0.344 e. The monoisotopic (exact) mass is 351 g/mol. The van der Waals surface area contributed by atoms with Crippen molar-refractivity contribution < 1.29 is 19.1 Å². The summed E-state index contributed by atoms with van der Waals surface area (Å²) in [5.41, 5.74) is 2.57. The van der Waals surface area contributed by atoms with Gasteiger partial charge in [-0.15, -0.1) is 0 Å². The molecule has 1 N–H and O–H groups in total. The van der Waals surface area contributed by atoms with E-state index in [0.717, 1.165) is 17.3 Å². The number of nitrogens with one attached hydrogen (secondary N) is 1. The van der Waals surface area contributed by atoms with Crippen molar-refractivity contribution in [1.29, 1.82) is 0 Å². The lowest BCUT2D eigenvalue weighted by Gasteiger charge is -2.12. The van der Waals surface area contributed by atoms with Gasteiger partial charge in [0, 0.05) is 22.7 Å². The molecule has 3 aromatic rings. The molecule has 0 amide bonds. The van der Waals surface area contributed by atoms with Gasteiger partial charge in [0.2, 0.25) is 5.78 Å². The highest BCUT2D eigenvalue weighted by Gasteiger charge is 2.22. The van der Waals surface area contributed by atoms with E-state index in [-0.39, 0.29) is 12.4 Å². The number of ether oxygens (including phenoxy) is 2. The zero-order valence-corrected chi connectivity index (χ0v) is 14.8. The van der Waals surface area contributed by atoms with Crippen LogP contribution in [0.5, 0.6) is 5.75 Å². The van der Waals surface area contributed by atoms with Crippen LogP contribution in [-0.2, 0) is 16.0 Å². The second kappa shape index (κ2) is 7.87. The van der Waals surface area contributed by atoms with Crippen LogP contribution in [0, 0.1) is 0 Å². The summed E-state index contributed by atoms with van der Waals surface area (Å²) in [6, 6.07) is 15.0. The summed E-state index contributed by atoms with van der Waals surface area (Å²) >= 11 is 0. The first kappa shape index (κ1) is 17.7. The van der Waals surface area contributed by atoms with Crippen molar-refractivity contribution in [3.8, 4) is 5.75 Å². The number of fused-ring (bicyclic) bond motifs is 1. The molecule has 1 heterocycles. The average Bonchev–Trinajstić information content (AvgIpc) is 3.10. The summed E-state index contributed by atoms with van der Waals surface area (Å²) in [5, 5.41) is 0.813. The number of aryl methyl sites for hydroxylation is 1. The minimum atomic E-state index is -0.882. The van der Waals surface area contributed by atoms with E-state index in [1.165, 1.54) is 5.56 Å². The molecule has 134 valence electrons. The van der Waals surface area contributed by atoms with Crippen molar-refractivity contribution in [3.63, 3.8) is 0 Å². The summed E-state index contributed by atoms with van der Waals surface area (Å²) in [5.74, 6) is -0.233. The number of rotatable bonds is 7. The molecule has 1 aromatic heterocycles. The van der Waals surface area contributed by atoms with E-state index >= 15 is 0 Å². The highest BCUT2D eigenvalue weighted by molar-refractivity contribution is 6.10. The van der Waals surface area contributed by atoms with E-state index < -0.39 is 12.1 Å². The second-order valence-corrected chi connectivity index (χ2v) is 6.03. The fourth-order valence-electron chi connectivity index (χ4n) is 2.74. The van der Waals surface area contributed by atoms with E-state index in [1.54, 1.807) is 13.1 Å². The van der Waals surface area contributed by atoms with Crippen molar-refractivity contribution in [2.75, 3.05) is 6.61 Å². The van der Waals surface area contributed by atoms with Gasteiger partial charge in [-0.3, -0.25) is 4.79 Å². The third-order valence-corrected chi connectivity index (χ3v) is 4.22. The third kappa shape index (κ3) is 3.94. The zero-order valence-electron chi connectivity index (χ0n) is 14.8. The molecule has 0 saturated heterocycles. The van der Waals surface area contributed by atoms with Crippen LogP contribution in [0.4, 0.5) is 0 Å². The Morgan fingerprint density at radius 3 is 2.54 bits per heavy atom. The van der Waals surface area contributed by atoms with E-state index in [0.29, 0.717) is 11.3 Å². The molecule has 0 radical (unpaired) electrons. The number of aromatic amines is 1. The summed E-state index contributed by atoms with van der Waals surface area (Å²) < 4.78 is 10.6. The van der Waals surface area contributed by atoms with Gasteiger partial charge in [0.1, 0.15) is 5.75 Å². The van der Waals surface area contributed by atoms with Crippen molar-refractivity contribution in [1.82, 2.24) is 4.98 Å². The Morgan fingerprint density at radius 1 is 1.08 bits per heavy atom. The average molecular weight is 351 g/mol. The molecular weight excluding hydrogens is 330 g/mol. The minimum absolute atomic E-state index is 0.239. The molecule has 3 rings (SSSR count). The summed E-state index contributed by atoms with van der Waals surface area (Å²) in [4.78, 5) is 27.6. The lowest BCUT2D eigenvalue weighted by molar-refractivity contribution is -0.148. The van der Waals surface area contributed by atoms with Gasteiger partial charge >= 0.3 is 5.97 Å². The van der Waals surface area contributed by atoms with Crippen LogP contribution in [0.25, 0.3) is 10.9 Å². The summed E-state index contributed by atoms with van der Waals surface area (Å²) in [7, 11) is 0. The predicted octanol–water partition coefficient (Wildman–Crippen LogP) is 3.92. The molecule has 0 saturated carbocycles. The first-order chi connectivity index (χ1) is 12.6. The lowest BCUT2D eigenvalue weighted by atomic mass is 10.1. The Balaban J connectivity index is 1.57. The number of ketones is 1. The third-order valence-electron chi connectivity index (χ3n) is 4.22. The normalized spacial score (nSPS) is 11.9. The fourth-order valence-corrected chi connectivity index (χ4v) is 2.74. The molecule has 0 spiro atoms. The van der Waals surface area contributed by atoms with E-state index in [4.69, 9.17) is 9.47 Å². The Bertz CT molecular complexity index is 911. The zero-order chi connectivity index (χ0) is 18.5. The van der Waals surface area contributed by atoms with Crippen LogP contribution in [-0.4, -0.2) is 29.4 Å².